The van der Waals surface area contributed by atoms with Crippen LogP contribution in [0.5, 0.6) is 0 Å². The van der Waals surface area contributed by atoms with Gasteiger partial charge in [-0.3, -0.25) is 0 Å². The number of rotatable bonds is 27. The van der Waals surface area contributed by atoms with Crippen LogP contribution in [0.3, 0.4) is 0 Å². The summed E-state index contributed by atoms with van der Waals surface area (Å²) in [5.41, 5.74) is -0.0762. The summed E-state index contributed by atoms with van der Waals surface area (Å²) in [6, 6.07) is 48.5. The van der Waals surface area contributed by atoms with Gasteiger partial charge in [-0.15, -0.1) is 0 Å². The molecule has 0 radical (unpaired) electrons. The first-order chi connectivity index (χ1) is 40.8. The van der Waals surface area contributed by atoms with Gasteiger partial charge >= 0.3 is 0 Å². The fraction of sp³-hybridized carbons (Fsp3) is 0.662. The summed E-state index contributed by atoms with van der Waals surface area (Å²) in [5, 5.41) is 2.32. The summed E-state index contributed by atoms with van der Waals surface area (Å²) in [7, 11) is -9.92. The van der Waals surface area contributed by atoms with E-state index in [1.54, 1.807) is 0 Å². The molecule has 0 aromatic heterocycles. The summed E-state index contributed by atoms with van der Waals surface area (Å²) in [4.78, 5) is 0. The van der Waals surface area contributed by atoms with Crippen LogP contribution in [-0.2, 0) is 64.1 Å². The number of hydrogen-bond donors (Lipinski definition) is 0. The quantitative estimate of drug-likeness (QED) is 0.0534. The van der Waals surface area contributed by atoms with Crippen LogP contribution in [0.1, 0.15) is 147 Å². The van der Waals surface area contributed by atoms with Gasteiger partial charge in [-0.25, -0.2) is 0 Å². The average Bonchev–Trinajstić information content (AvgIpc) is 0.876. The summed E-state index contributed by atoms with van der Waals surface area (Å²) >= 11 is 0. The first kappa shape index (κ1) is 69.2. The predicted molar refractivity (Wildman–Crippen MR) is 358 cm³/mol. The van der Waals surface area contributed by atoms with E-state index in [0.717, 1.165) is 47.4 Å². The molecule has 15 heteroatoms. The zero-order valence-electron chi connectivity index (χ0n) is 56.0. The SMILES string of the molecule is CC[Si](CC)(CC)O[C@H]1[C@@H](O[Si](CC)(CC)CC)[C@@]2(C)O[C@@H](COCc3ccccc3)[C@H](OCc3ccccc3)C[C@@H]2O[C@@H]1C[C@@H]1OCC[C@]2(C)O[C@](C)(CCO[Si](c3ccccc3)(c3ccccc3)C(C)(C)C)[C@@H](O[Si](C)(C)C(C)(C)C)C[C@H]2O1. The van der Waals surface area contributed by atoms with E-state index in [4.69, 9.17) is 50.9 Å². The van der Waals surface area contributed by atoms with Gasteiger partial charge in [-0.05, 0) is 102 Å². The molecule has 11 nitrogen and oxygen atoms in total. The molecule has 0 N–H and O–H groups in total. The van der Waals surface area contributed by atoms with Gasteiger partial charge in [0.25, 0.3) is 8.32 Å². The highest BCUT2D eigenvalue weighted by molar-refractivity contribution is 6.99. The fourth-order valence-electron chi connectivity index (χ4n) is 14.1. The van der Waals surface area contributed by atoms with Gasteiger partial charge in [0.05, 0.1) is 74.3 Å². The highest BCUT2D eigenvalue weighted by Gasteiger charge is 2.64. The van der Waals surface area contributed by atoms with Crippen LogP contribution >= 0.6 is 0 Å². The van der Waals surface area contributed by atoms with E-state index < -0.39 is 86.9 Å². The minimum atomic E-state index is -2.85. The van der Waals surface area contributed by atoms with Crippen molar-refractivity contribution in [1.29, 1.82) is 0 Å². The molecule has 0 unspecified atom stereocenters. The zero-order chi connectivity index (χ0) is 62.2. The van der Waals surface area contributed by atoms with Crippen molar-refractivity contribution in [2.45, 2.75) is 281 Å². The molecule has 0 saturated carbocycles. The lowest BCUT2D eigenvalue weighted by atomic mass is 9.77. The van der Waals surface area contributed by atoms with E-state index in [9.17, 15) is 0 Å². The molecular formula is C71H112O11Si4. The summed E-state index contributed by atoms with van der Waals surface area (Å²) < 4.78 is 82.4. The maximum absolute atomic E-state index is 7.98. The largest absolute Gasteiger partial charge is 0.411 e. The third-order valence-electron chi connectivity index (χ3n) is 21.3. The molecule has 4 fully saturated rings. The second kappa shape index (κ2) is 28.9. The van der Waals surface area contributed by atoms with Crippen molar-refractivity contribution in [2.75, 3.05) is 19.8 Å². The molecule has 4 aromatic carbocycles. The van der Waals surface area contributed by atoms with Crippen LogP contribution in [0.2, 0.25) is 59.4 Å². The third kappa shape index (κ3) is 15.3. The molecular weight excluding hydrogens is 1140 g/mol. The fourth-order valence-corrected chi connectivity index (χ4v) is 25.9. The molecule has 86 heavy (non-hydrogen) atoms. The van der Waals surface area contributed by atoms with Crippen molar-refractivity contribution in [3.63, 3.8) is 0 Å². The van der Waals surface area contributed by atoms with Crippen molar-refractivity contribution in [2.24, 2.45) is 0 Å². The van der Waals surface area contributed by atoms with Crippen LogP contribution in [0.4, 0.5) is 0 Å². The van der Waals surface area contributed by atoms with E-state index in [1.165, 1.54) is 10.4 Å². The van der Waals surface area contributed by atoms with Crippen molar-refractivity contribution in [3.05, 3.63) is 132 Å². The maximum Gasteiger partial charge on any atom is 0.261 e. The molecule has 4 aliphatic rings. The van der Waals surface area contributed by atoms with Crippen LogP contribution < -0.4 is 10.4 Å². The Bertz CT molecular complexity index is 2610. The molecule has 12 atom stereocenters. The van der Waals surface area contributed by atoms with E-state index in [-0.39, 0.29) is 28.4 Å². The predicted octanol–water partition coefficient (Wildman–Crippen LogP) is 15.7. The van der Waals surface area contributed by atoms with Gasteiger partial charge in [0.15, 0.2) is 31.2 Å². The Morgan fingerprint density at radius 2 is 1.10 bits per heavy atom. The van der Waals surface area contributed by atoms with Gasteiger partial charge in [0.1, 0.15) is 17.8 Å². The Labute approximate surface area is 524 Å². The molecule has 8 rings (SSSR count). The standard InChI is InChI=1S/C71H112O11Si4/c1-18-84(19-2,20-3)80-65-59(76-63-48-58(74-52-55-38-30-25-31-39-55)60(53-72-51-54-36-28-24-29-37-54)78-71(63,15)66(65)81-85(21-4,22-5)23-6)49-64-73-46-44-69(13)61(77-64)50-62(79-83(16,17)67(7,8)9)70(14,82-69)45-47-75-86(68(10,11)12,56-40-32-26-33-41-56)57-42-34-27-35-43-57/h24-43,58-66H,18-23,44-53H2,1-17H3/t58-,59-,60+,61-,62+,63+,64-,65-,66-,69+,70-,71+/m1/s1. The summed E-state index contributed by atoms with van der Waals surface area (Å²) in [6.45, 7) is 41.6. The van der Waals surface area contributed by atoms with E-state index in [0.29, 0.717) is 65.1 Å². The maximum atomic E-state index is 7.98. The van der Waals surface area contributed by atoms with Crippen LogP contribution in [0, 0.1) is 0 Å². The number of benzene rings is 4. The lowest BCUT2D eigenvalue weighted by Gasteiger charge is -2.60. The molecule has 4 aromatic rings. The molecule has 478 valence electrons. The lowest BCUT2D eigenvalue weighted by Crippen LogP contribution is -2.74. The van der Waals surface area contributed by atoms with Gasteiger partial charge in [-0.2, -0.15) is 0 Å². The van der Waals surface area contributed by atoms with Crippen molar-refractivity contribution >= 4 is 43.6 Å². The highest BCUT2D eigenvalue weighted by atomic mass is 28.4. The van der Waals surface area contributed by atoms with Gasteiger partial charge in [-0.1, -0.05) is 204 Å². The zero-order valence-corrected chi connectivity index (χ0v) is 60.0. The van der Waals surface area contributed by atoms with E-state index >= 15 is 0 Å². The van der Waals surface area contributed by atoms with Crippen molar-refractivity contribution in [1.82, 2.24) is 0 Å². The van der Waals surface area contributed by atoms with Crippen molar-refractivity contribution in [3.8, 4) is 0 Å². The van der Waals surface area contributed by atoms with Crippen LogP contribution in [0.25, 0.3) is 0 Å². The minimum Gasteiger partial charge on any atom is -0.411 e. The smallest absolute Gasteiger partial charge is 0.261 e. The highest BCUT2D eigenvalue weighted by Crippen LogP contribution is 2.51. The first-order valence-electron chi connectivity index (χ1n) is 33.2. The Morgan fingerprint density at radius 1 is 0.581 bits per heavy atom. The Morgan fingerprint density at radius 3 is 1.63 bits per heavy atom. The topological polar surface area (TPSA) is 102 Å². The third-order valence-corrected chi connectivity index (χ3v) is 40.1. The first-order valence-corrected chi connectivity index (χ1v) is 43.0. The van der Waals surface area contributed by atoms with E-state index in [2.05, 4.69) is 226 Å². The van der Waals surface area contributed by atoms with Crippen LogP contribution in [0.15, 0.2) is 121 Å². The Hall–Kier alpha value is -2.69. The summed E-state index contributed by atoms with van der Waals surface area (Å²) in [5.74, 6) is 0. The normalized spacial score (nSPS) is 29.7. The second-order valence-corrected chi connectivity index (χ2v) is 47.2. The van der Waals surface area contributed by atoms with Gasteiger partial charge in [0.2, 0.25) is 0 Å². The number of hydrogen-bond acceptors (Lipinski definition) is 11. The molecule has 4 aliphatic heterocycles. The molecule has 0 aliphatic carbocycles. The Kier molecular flexibility index (Phi) is 23.2. The molecule has 0 amide bonds. The molecule has 4 heterocycles. The second-order valence-electron chi connectivity index (χ2n) is 28.7. The lowest BCUT2D eigenvalue weighted by molar-refractivity contribution is -0.334. The number of fused-ring (bicyclic) bond motifs is 2. The molecule has 4 saturated heterocycles. The van der Waals surface area contributed by atoms with Gasteiger partial charge < -0.3 is 50.9 Å². The molecule has 0 spiro atoms. The van der Waals surface area contributed by atoms with Crippen LogP contribution in [-0.4, -0.2) is 125 Å². The summed E-state index contributed by atoms with van der Waals surface area (Å²) in [6.07, 6.45) is -0.708. The minimum absolute atomic E-state index is 0.0398. The van der Waals surface area contributed by atoms with Crippen molar-refractivity contribution < 1.29 is 50.9 Å². The van der Waals surface area contributed by atoms with Gasteiger partial charge in [0, 0.05) is 38.7 Å². The average molecular weight is 1250 g/mol. The Balaban J connectivity index is 1.13. The monoisotopic (exact) mass is 1250 g/mol. The number of ether oxygens (including phenoxy) is 7. The van der Waals surface area contributed by atoms with E-state index in [1.807, 2.05) is 12.1 Å². The molecule has 0 bridgehead atoms.